The third-order valence-corrected chi connectivity index (χ3v) is 5.49. The first-order chi connectivity index (χ1) is 8.89. The van der Waals surface area contributed by atoms with Crippen molar-refractivity contribution in [2.24, 2.45) is 23.2 Å². The molecule has 3 heteroatoms. The summed E-state index contributed by atoms with van der Waals surface area (Å²) < 4.78 is 4.77. The van der Waals surface area contributed by atoms with Gasteiger partial charge in [0.2, 0.25) is 0 Å². The van der Waals surface area contributed by atoms with Gasteiger partial charge >= 0.3 is 5.97 Å². The van der Waals surface area contributed by atoms with Gasteiger partial charge in [-0.05, 0) is 42.9 Å². The monoisotopic (exact) mass is 264 g/mol. The lowest BCUT2D eigenvalue weighted by Crippen LogP contribution is -2.45. The van der Waals surface area contributed by atoms with E-state index in [4.69, 9.17) is 4.74 Å². The van der Waals surface area contributed by atoms with E-state index in [9.17, 15) is 9.59 Å². The summed E-state index contributed by atoms with van der Waals surface area (Å²) in [5.41, 5.74) is 0.843. The molecular formula is C16H24O3. The minimum absolute atomic E-state index is 0.118. The Balaban J connectivity index is 2.14. The van der Waals surface area contributed by atoms with E-state index in [-0.39, 0.29) is 23.2 Å². The Morgan fingerprint density at radius 3 is 2.74 bits per heavy atom. The molecular weight excluding hydrogens is 240 g/mol. The average Bonchev–Trinajstić information content (AvgIpc) is 2.41. The summed E-state index contributed by atoms with van der Waals surface area (Å²) in [6.07, 6.45) is 4.68. The normalized spacial score (nSPS) is 38.5. The maximum atomic E-state index is 11.9. The first kappa shape index (κ1) is 14.3. The van der Waals surface area contributed by atoms with Crippen molar-refractivity contribution in [2.45, 2.75) is 46.0 Å². The first-order valence-corrected chi connectivity index (χ1v) is 7.19. The van der Waals surface area contributed by atoms with Gasteiger partial charge in [-0.1, -0.05) is 20.4 Å². The molecule has 0 radical (unpaired) electrons. The summed E-state index contributed by atoms with van der Waals surface area (Å²) in [6.45, 7) is 8.25. The third kappa shape index (κ3) is 2.47. The molecule has 2 rings (SSSR count). The molecule has 0 heterocycles. The van der Waals surface area contributed by atoms with Crippen molar-refractivity contribution in [1.29, 1.82) is 0 Å². The summed E-state index contributed by atoms with van der Waals surface area (Å²) in [6, 6.07) is 0. The van der Waals surface area contributed by atoms with Crippen LogP contribution in [0.4, 0.5) is 0 Å². The lowest BCUT2D eigenvalue weighted by molar-refractivity contribution is -0.137. The van der Waals surface area contributed by atoms with E-state index in [1.807, 2.05) is 6.92 Å². The number of ether oxygens (including phenoxy) is 1. The maximum absolute atomic E-state index is 11.9. The van der Waals surface area contributed by atoms with Gasteiger partial charge in [0.05, 0.1) is 7.11 Å². The molecule has 0 bridgehead atoms. The van der Waals surface area contributed by atoms with Crippen LogP contribution in [-0.2, 0) is 14.3 Å². The predicted octanol–water partition coefficient (Wildman–Crippen LogP) is 3.14. The Morgan fingerprint density at radius 1 is 1.42 bits per heavy atom. The highest BCUT2D eigenvalue weighted by atomic mass is 16.5. The second-order valence-electron chi connectivity index (χ2n) is 6.50. The van der Waals surface area contributed by atoms with E-state index in [2.05, 4.69) is 13.5 Å². The Hall–Kier alpha value is -1.12. The van der Waals surface area contributed by atoms with Crippen molar-refractivity contribution in [3.05, 3.63) is 12.2 Å². The van der Waals surface area contributed by atoms with Gasteiger partial charge in [-0.15, -0.1) is 0 Å². The summed E-state index contributed by atoms with van der Waals surface area (Å²) in [4.78, 5) is 23.6. The highest BCUT2D eigenvalue weighted by molar-refractivity contribution is 5.88. The van der Waals surface area contributed by atoms with E-state index in [0.29, 0.717) is 17.3 Å². The van der Waals surface area contributed by atoms with Gasteiger partial charge < -0.3 is 4.74 Å². The molecule has 4 atom stereocenters. The van der Waals surface area contributed by atoms with Crippen LogP contribution < -0.4 is 0 Å². The number of Topliss-reactive ketones (excluding diaryl/α,β-unsaturated/α-hetero) is 1. The molecule has 0 aromatic carbocycles. The van der Waals surface area contributed by atoms with Crippen LogP contribution in [0, 0.1) is 23.2 Å². The Labute approximate surface area is 115 Å². The molecule has 0 aromatic rings. The van der Waals surface area contributed by atoms with Gasteiger partial charge in [0, 0.05) is 17.9 Å². The van der Waals surface area contributed by atoms with E-state index >= 15 is 0 Å². The van der Waals surface area contributed by atoms with Crippen LogP contribution in [0.5, 0.6) is 0 Å². The second-order valence-corrected chi connectivity index (χ2v) is 6.50. The predicted molar refractivity (Wildman–Crippen MR) is 73.5 cm³/mol. The molecule has 0 aliphatic heterocycles. The quantitative estimate of drug-likeness (QED) is 0.568. The van der Waals surface area contributed by atoms with Crippen LogP contribution in [0.3, 0.4) is 0 Å². The molecule has 106 valence electrons. The van der Waals surface area contributed by atoms with Crippen LogP contribution >= 0.6 is 0 Å². The number of hydrogen-bond acceptors (Lipinski definition) is 3. The molecule has 0 spiro atoms. The van der Waals surface area contributed by atoms with Crippen molar-refractivity contribution in [3.63, 3.8) is 0 Å². The average molecular weight is 264 g/mol. The molecule has 0 N–H and O–H groups in total. The van der Waals surface area contributed by atoms with E-state index in [0.717, 1.165) is 32.1 Å². The number of fused-ring (bicyclic) bond motifs is 1. The summed E-state index contributed by atoms with van der Waals surface area (Å²) >= 11 is 0. The van der Waals surface area contributed by atoms with Gasteiger partial charge in [-0.2, -0.15) is 0 Å². The third-order valence-electron chi connectivity index (χ3n) is 5.49. The van der Waals surface area contributed by atoms with Crippen LogP contribution in [0.2, 0.25) is 0 Å². The summed E-state index contributed by atoms with van der Waals surface area (Å²) in [5.74, 6) is 0.759. The Kier molecular flexibility index (Phi) is 3.84. The molecule has 2 fully saturated rings. The molecule has 0 saturated heterocycles. The number of hydrogen-bond donors (Lipinski definition) is 0. The van der Waals surface area contributed by atoms with Crippen LogP contribution in [0.1, 0.15) is 46.0 Å². The summed E-state index contributed by atoms with van der Waals surface area (Å²) in [5, 5.41) is 0. The van der Waals surface area contributed by atoms with Crippen LogP contribution in [-0.4, -0.2) is 18.9 Å². The summed E-state index contributed by atoms with van der Waals surface area (Å²) in [7, 11) is 1.40. The number of carbonyl (C=O) groups is 2. The zero-order valence-electron chi connectivity index (χ0n) is 12.2. The lowest BCUT2D eigenvalue weighted by atomic mass is 9.54. The van der Waals surface area contributed by atoms with E-state index in [1.165, 1.54) is 7.11 Å². The second kappa shape index (κ2) is 5.10. The topological polar surface area (TPSA) is 43.4 Å². The number of methoxy groups -OCH3 is 1. The van der Waals surface area contributed by atoms with Crippen molar-refractivity contribution >= 4 is 11.8 Å². The van der Waals surface area contributed by atoms with E-state index < -0.39 is 0 Å². The molecule has 2 saturated carbocycles. The molecule has 0 amide bonds. The van der Waals surface area contributed by atoms with Gasteiger partial charge in [-0.3, -0.25) is 4.79 Å². The Bertz CT molecular complexity index is 412. The number of carbonyl (C=O) groups excluding carboxylic acids is 2. The Morgan fingerprint density at radius 2 is 2.11 bits per heavy atom. The fourth-order valence-electron chi connectivity index (χ4n) is 3.99. The van der Waals surface area contributed by atoms with Crippen molar-refractivity contribution in [1.82, 2.24) is 0 Å². The minimum atomic E-state index is -0.302. The lowest BCUT2D eigenvalue weighted by Gasteiger charge is -2.50. The largest absolute Gasteiger partial charge is 0.466 e. The van der Waals surface area contributed by atoms with Gasteiger partial charge in [0.15, 0.2) is 0 Å². The first-order valence-electron chi connectivity index (χ1n) is 7.19. The molecule has 2 aliphatic carbocycles. The maximum Gasteiger partial charge on any atom is 0.333 e. The zero-order chi connectivity index (χ0) is 14.2. The standard InChI is InChI=1S/C16H24O3/c1-10(15(18)19-4)12-5-7-16(3)8-6-14(17)11(2)13(16)9-12/h11-13H,1,5-9H2,2-4H3/t11-,12+,13-,16-/m0/s1. The molecule has 0 aromatic heterocycles. The zero-order valence-corrected chi connectivity index (χ0v) is 12.2. The number of esters is 1. The molecule has 19 heavy (non-hydrogen) atoms. The van der Waals surface area contributed by atoms with Gasteiger partial charge in [-0.25, -0.2) is 4.79 Å². The molecule has 0 unspecified atom stereocenters. The molecule has 3 nitrogen and oxygen atoms in total. The van der Waals surface area contributed by atoms with Gasteiger partial charge in [0.1, 0.15) is 5.78 Å². The fourth-order valence-corrected chi connectivity index (χ4v) is 3.99. The molecule has 2 aliphatic rings. The fraction of sp³-hybridized carbons (Fsp3) is 0.750. The SMILES string of the molecule is C=C(C(=O)OC)[C@@H]1CC[C@@]2(C)CCC(=O)[C@@H](C)[C@@H]2C1. The van der Waals surface area contributed by atoms with Gasteiger partial charge in [0.25, 0.3) is 0 Å². The van der Waals surface area contributed by atoms with E-state index in [1.54, 1.807) is 0 Å². The van der Waals surface area contributed by atoms with Crippen molar-refractivity contribution in [3.8, 4) is 0 Å². The van der Waals surface area contributed by atoms with Crippen LogP contribution in [0.15, 0.2) is 12.2 Å². The number of rotatable bonds is 2. The van der Waals surface area contributed by atoms with Crippen molar-refractivity contribution in [2.75, 3.05) is 7.11 Å². The number of ketones is 1. The van der Waals surface area contributed by atoms with Crippen molar-refractivity contribution < 1.29 is 14.3 Å². The highest BCUT2D eigenvalue weighted by Gasteiger charge is 2.48. The van der Waals surface area contributed by atoms with Crippen LogP contribution in [0.25, 0.3) is 0 Å². The smallest absolute Gasteiger partial charge is 0.333 e. The highest BCUT2D eigenvalue weighted by Crippen LogP contribution is 2.53. The minimum Gasteiger partial charge on any atom is -0.466 e.